The van der Waals surface area contributed by atoms with E-state index in [0.717, 1.165) is 22.3 Å². The number of methoxy groups -OCH3 is 1. The fraction of sp³-hybridized carbons (Fsp3) is 0.0769. The molecule has 7 heteroatoms. The molecule has 0 bridgehead atoms. The van der Waals surface area contributed by atoms with Crippen molar-refractivity contribution in [2.45, 2.75) is 0 Å². The molecule has 3 aromatic heterocycles. The Kier molecular flexibility index (Phi) is 2.19. The molecule has 3 heterocycles. The van der Waals surface area contributed by atoms with Gasteiger partial charge in [-0.25, -0.2) is 15.0 Å². The van der Waals surface area contributed by atoms with Crippen molar-refractivity contribution in [1.82, 2.24) is 29.5 Å². The number of fused-ring (bicyclic) bond motifs is 2. The number of rotatable bonds is 2. The molecule has 0 aliphatic heterocycles. The molecular formula is C13H10N6O. The molecule has 0 aliphatic carbocycles. The van der Waals surface area contributed by atoms with Gasteiger partial charge in [0, 0.05) is 6.07 Å². The summed E-state index contributed by atoms with van der Waals surface area (Å²) in [5, 5.41) is 0. The normalized spacial score (nSPS) is 11.2. The van der Waals surface area contributed by atoms with Crippen molar-refractivity contribution < 1.29 is 4.74 Å². The maximum Gasteiger partial charge on any atom is 0.237 e. The first-order valence-corrected chi connectivity index (χ1v) is 6.03. The summed E-state index contributed by atoms with van der Waals surface area (Å²) < 4.78 is 7.01. The van der Waals surface area contributed by atoms with E-state index < -0.39 is 0 Å². The molecule has 0 spiro atoms. The van der Waals surface area contributed by atoms with Crippen molar-refractivity contribution in [3.8, 4) is 11.7 Å². The van der Waals surface area contributed by atoms with Crippen LogP contribution in [0.15, 0.2) is 37.1 Å². The van der Waals surface area contributed by atoms with Crippen molar-refractivity contribution in [1.29, 1.82) is 0 Å². The minimum Gasteiger partial charge on any atom is -0.497 e. The van der Waals surface area contributed by atoms with E-state index in [4.69, 9.17) is 4.74 Å². The van der Waals surface area contributed by atoms with E-state index in [1.807, 2.05) is 22.8 Å². The third kappa shape index (κ3) is 1.53. The number of aromatic nitrogens is 6. The van der Waals surface area contributed by atoms with E-state index in [0.29, 0.717) is 11.6 Å². The van der Waals surface area contributed by atoms with Crippen LogP contribution in [0.1, 0.15) is 0 Å². The fourth-order valence-corrected chi connectivity index (χ4v) is 2.12. The Balaban J connectivity index is 1.92. The Morgan fingerprint density at radius 2 is 2.15 bits per heavy atom. The lowest BCUT2D eigenvalue weighted by molar-refractivity contribution is 0.415. The SMILES string of the molecule is COc1ccc2c(c1)ncn2-c1ncc2[nH]cnc2n1. The number of benzene rings is 1. The average Bonchev–Trinajstić information content (AvgIpc) is 3.11. The smallest absolute Gasteiger partial charge is 0.237 e. The highest BCUT2D eigenvalue weighted by molar-refractivity contribution is 5.79. The van der Waals surface area contributed by atoms with Gasteiger partial charge in [-0.3, -0.25) is 4.57 Å². The van der Waals surface area contributed by atoms with Crippen molar-refractivity contribution >= 4 is 22.2 Å². The van der Waals surface area contributed by atoms with Crippen LogP contribution in [0.4, 0.5) is 0 Å². The third-order valence-corrected chi connectivity index (χ3v) is 3.13. The number of aromatic amines is 1. The highest BCUT2D eigenvalue weighted by Crippen LogP contribution is 2.21. The molecule has 0 radical (unpaired) electrons. The van der Waals surface area contributed by atoms with Gasteiger partial charge in [-0.2, -0.15) is 4.98 Å². The molecule has 0 unspecified atom stereocenters. The Morgan fingerprint density at radius 3 is 3.05 bits per heavy atom. The molecule has 7 nitrogen and oxygen atoms in total. The number of nitrogens with zero attached hydrogens (tertiary/aromatic N) is 5. The Hall–Kier alpha value is -2.96. The molecular weight excluding hydrogens is 256 g/mol. The second-order valence-corrected chi connectivity index (χ2v) is 4.28. The van der Waals surface area contributed by atoms with Crippen molar-refractivity contribution in [3.63, 3.8) is 0 Å². The monoisotopic (exact) mass is 266 g/mol. The summed E-state index contributed by atoms with van der Waals surface area (Å²) in [6.45, 7) is 0. The molecule has 0 amide bonds. The maximum absolute atomic E-state index is 5.19. The van der Waals surface area contributed by atoms with Gasteiger partial charge >= 0.3 is 0 Å². The predicted octanol–water partition coefficient (Wildman–Crippen LogP) is 1.70. The van der Waals surface area contributed by atoms with Crippen LogP contribution in [-0.4, -0.2) is 36.6 Å². The lowest BCUT2D eigenvalue weighted by Gasteiger charge is -2.02. The molecule has 1 N–H and O–H groups in total. The van der Waals surface area contributed by atoms with Crippen molar-refractivity contribution in [3.05, 3.63) is 37.1 Å². The van der Waals surface area contributed by atoms with Crippen molar-refractivity contribution in [2.75, 3.05) is 7.11 Å². The highest BCUT2D eigenvalue weighted by atomic mass is 16.5. The lowest BCUT2D eigenvalue weighted by Crippen LogP contribution is -1.99. The van der Waals surface area contributed by atoms with Gasteiger partial charge in [0.15, 0.2) is 5.65 Å². The molecule has 4 rings (SSSR count). The predicted molar refractivity (Wildman–Crippen MR) is 72.9 cm³/mol. The Bertz CT molecular complexity index is 909. The molecule has 4 aromatic rings. The first kappa shape index (κ1) is 10.9. The summed E-state index contributed by atoms with van der Waals surface area (Å²) in [5.74, 6) is 1.31. The van der Waals surface area contributed by atoms with Gasteiger partial charge in [0.1, 0.15) is 17.6 Å². The Labute approximate surface area is 113 Å². The van der Waals surface area contributed by atoms with Crippen LogP contribution in [0.25, 0.3) is 28.1 Å². The van der Waals surface area contributed by atoms with Gasteiger partial charge < -0.3 is 9.72 Å². The van der Waals surface area contributed by atoms with Crippen LogP contribution in [0, 0.1) is 0 Å². The zero-order chi connectivity index (χ0) is 13.5. The number of hydrogen-bond acceptors (Lipinski definition) is 5. The van der Waals surface area contributed by atoms with Crippen LogP contribution in [0.2, 0.25) is 0 Å². The van der Waals surface area contributed by atoms with Gasteiger partial charge in [-0.05, 0) is 12.1 Å². The van der Waals surface area contributed by atoms with Gasteiger partial charge in [0.05, 0.1) is 30.7 Å². The van der Waals surface area contributed by atoms with Crippen LogP contribution < -0.4 is 4.74 Å². The Morgan fingerprint density at radius 1 is 1.20 bits per heavy atom. The molecule has 98 valence electrons. The van der Waals surface area contributed by atoms with Crippen LogP contribution >= 0.6 is 0 Å². The second-order valence-electron chi connectivity index (χ2n) is 4.28. The first-order chi connectivity index (χ1) is 9.85. The van der Waals surface area contributed by atoms with Gasteiger partial charge in [-0.15, -0.1) is 0 Å². The van der Waals surface area contributed by atoms with Crippen LogP contribution in [-0.2, 0) is 0 Å². The number of hydrogen-bond donors (Lipinski definition) is 1. The van der Waals surface area contributed by atoms with Gasteiger partial charge in [0.25, 0.3) is 0 Å². The first-order valence-electron chi connectivity index (χ1n) is 6.03. The van der Waals surface area contributed by atoms with Gasteiger partial charge in [0.2, 0.25) is 5.95 Å². The minimum absolute atomic E-state index is 0.539. The molecule has 0 aliphatic rings. The second kappa shape index (κ2) is 4.02. The molecule has 0 fully saturated rings. The quantitative estimate of drug-likeness (QED) is 0.597. The number of imidazole rings is 2. The minimum atomic E-state index is 0.539. The molecule has 0 saturated carbocycles. The third-order valence-electron chi connectivity index (χ3n) is 3.13. The average molecular weight is 266 g/mol. The zero-order valence-corrected chi connectivity index (χ0v) is 10.6. The van der Waals surface area contributed by atoms with Crippen LogP contribution in [0.5, 0.6) is 5.75 Å². The van der Waals surface area contributed by atoms with E-state index in [1.165, 1.54) is 0 Å². The van der Waals surface area contributed by atoms with E-state index in [2.05, 4.69) is 24.9 Å². The summed E-state index contributed by atoms with van der Waals surface area (Å²) in [4.78, 5) is 20.2. The standard InChI is InChI=1S/C13H10N6O/c1-20-8-2-3-11-9(4-8)17-7-19(11)13-14-5-10-12(18-13)16-6-15-10/h2-7H,1H3,(H,14,15,16,18). The zero-order valence-electron chi connectivity index (χ0n) is 10.6. The van der Waals surface area contributed by atoms with E-state index in [1.54, 1.807) is 26.0 Å². The summed E-state index contributed by atoms with van der Waals surface area (Å²) in [6, 6.07) is 5.69. The summed E-state index contributed by atoms with van der Waals surface area (Å²) in [6.07, 6.45) is 5.00. The topological polar surface area (TPSA) is 81.5 Å². The lowest BCUT2D eigenvalue weighted by atomic mass is 10.3. The number of H-pyrrole nitrogens is 1. The largest absolute Gasteiger partial charge is 0.497 e. The van der Waals surface area contributed by atoms with E-state index in [9.17, 15) is 0 Å². The molecule has 0 atom stereocenters. The van der Waals surface area contributed by atoms with Gasteiger partial charge in [-0.1, -0.05) is 0 Å². The van der Waals surface area contributed by atoms with E-state index in [-0.39, 0.29) is 0 Å². The van der Waals surface area contributed by atoms with E-state index >= 15 is 0 Å². The van der Waals surface area contributed by atoms with Crippen molar-refractivity contribution in [2.24, 2.45) is 0 Å². The summed E-state index contributed by atoms with van der Waals surface area (Å²) in [7, 11) is 1.63. The maximum atomic E-state index is 5.19. The number of nitrogens with one attached hydrogen (secondary N) is 1. The number of ether oxygens (including phenoxy) is 1. The molecule has 0 saturated heterocycles. The summed E-state index contributed by atoms with van der Waals surface area (Å²) in [5.41, 5.74) is 3.18. The molecule has 20 heavy (non-hydrogen) atoms. The van der Waals surface area contributed by atoms with Crippen LogP contribution in [0.3, 0.4) is 0 Å². The summed E-state index contributed by atoms with van der Waals surface area (Å²) >= 11 is 0. The highest BCUT2D eigenvalue weighted by Gasteiger charge is 2.09. The molecule has 1 aromatic carbocycles. The fourth-order valence-electron chi connectivity index (χ4n) is 2.12.